The molecule has 0 fully saturated rings. The third kappa shape index (κ3) is 4.94. The van der Waals surface area contributed by atoms with Crippen LogP contribution < -0.4 is 9.62 Å². The molecule has 0 radical (unpaired) electrons. The molecule has 31 heavy (non-hydrogen) atoms. The van der Waals surface area contributed by atoms with Gasteiger partial charge in [0.1, 0.15) is 4.90 Å². The number of anilines is 2. The first-order chi connectivity index (χ1) is 14.9. The summed E-state index contributed by atoms with van der Waals surface area (Å²) >= 11 is 6.22. The average Bonchev–Trinajstić information content (AvgIpc) is 2.78. The molecule has 0 aromatic heterocycles. The van der Waals surface area contributed by atoms with Gasteiger partial charge in [-0.05, 0) is 54.6 Å². The van der Waals surface area contributed by atoms with Crippen molar-refractivity contribution in [1.82, 2.24) is 0 Å². The van der Waals surface area contributed by atoms with Gasteiger partial charge >= 0.3 is 0 Å². The lowest BCUT2D eigenvalue weighted by atomic mass is 10.2. The predicted octanol–water partition coefficient (Wildman–Crippen LogP) is 4.85. The van der Waals surface area contributed by atoms with E-state index >= 15 is 0 Å². The van der Waals surface area contributed by atoms with Crippen molar-refractivity contribution < 1.29 is 13.2 Å². The second-order valence-electron chi connectivity index (χ2n) is 6.45. The van der Waals surface area contributed by atoms with Crippen LogP contribution in [0.4, 0.5) is 11.4 Å². The van der Waals surface area contributed by atoms with Crippen LogP contribution in [-0.4, -0.2) is 20.9 Å². The van der Waals surface area contributed by atoms with Crippen molar-refractivity contribution in [2.45, 2.75) is 4.90 Å². The number of nitriles is 1. The van der Waals surface area contributed by atoms with Crippen molar-refractivity contribution in [1.29, 1.82) is 5.26 Å². The van der Waals surface area contributed by atoms with E-state index in [1.165, 1.54) is 28.6 Å². The monoisotopic (exact) mass is 451 g/mol. The van der Waals surface area contributed by atoms with Gasteiger partial charge in [-0.3, -0.25) is 9.10 Å². The smallest absolute Gasteiger partial charge is 0.266 e. The van der Waals surface area contributed by atoms with Crippen LogP contribution in [0, 0.1) is 11.3 Å². The second-order valence-corrected chi connectivity index (χ2v) is 8.69. The summed E-state index contributed by atoms with van der Waals surface area (Å²) < 4.78 is 27.9. The van der Waals surface area contributed by atoms with E-state index in [0.29, 0.717) is 16.9 Å². The number of carbonyl (C=O) groups is 1. The molecule has 3 aromatic rings. The van der Waals surface area contributed by atoms with Gasteiger partial charge < -0.3 is 5.32 Å². The Balaban J connectivity index is 1.96. The van der Waals surface area contributed by atoms with E-state index < -0.39 is 15.9 Å². The summed E-state index contributed by atoms with van der Waals surface area (Å²) in [7, 11) is -4.07. The molecule has 6 nitrogen and oxygen atoms in total. The van der Waals surface area contributed by atoms with Gasteiger partial charge in [0, 0.05) is 11.3 Å². The van der Waals surface area contributed by atoms with Gasteiger partial charge in [0.15, 0.2) is 0 Å². The lowest BCUT2D eigenvalue weighted by molar-refractivity contribution is 0.102. The van der Waals surface area contributed by atoms with E-state index in [9.17, 15) is 13.2 Å². The molecule has 0 aliphatic carbocycles. The first kappa shape index (κ1) is 22.1. The maximum absolute atomic E-state index is 13.4. The van der Waals surface area contributed by atoms with E-state index in [2.05, 4.69) is 11.9 Å². The number of hydrogen-bond donors (Lipinski definition) is 1. The molecule has 0 heterocycles. The third-order valence-corrected chi connectivity index (χ3v) is 6.65. The topological polar surface area (TPSA) is 90.3 Å². The zero-order valence-electron chi connectivity index (χ0n) is 16.3. The van der Waals surface area contributed by atoms with E-state index in [4.69, 9.17) is 16.9 Å². The van der Waals surface area contributed by atoms with Crippen LogP contribution in [0.25, 0.3) is 0 Å². The lowest BCUT2D eigenvalue weighted by Crippen LogP contribution is -2.31. The quantitative estimate of drug-likeness (QED) is 0.520. The van der Waals surface area contributed by atoms with Gasteiger partial charge in [0.2, 0.25) is 0 Å². The van der Waals surface area contributed by atoms with Gasteiger partial charge in [-0.15, -0.1) is 6.58 Å². The SMILES string of the molecule is C=CCN(c1ccccc1)S(=O)(=O)c1cc(C(=O)Nc2ccc(C#N)cc2)ccc1Cl. The number of para-hydroxylation sites is 1. The number of sulfonamides is 1. The van der Waals surface area contributed by atoms with Crippen LogP contribution in [0.15, 0.2) is 90.3 Å². The largest absolute Gasteiger partial charge is 0.322 e. The number of nitrogens with zero attached hydrogens (tertiary/aromatic N) is 2. The molecule has 3 rings (SSSR count). The number of halogens is 1. The standard InChI is InChI=1S/C23H18ClN3O3S/c1-2-14-27(20-6-4-3-5-7-20)31(29,30)22-15-18(10-13-21(22)24)23(28)26-19-11-8-17(16-25)9-12-19/h2-13,15H,1,14H2,(H,26,28). The highest BCUT2D eigenvalue weighted by molar-refractivity contribution is 7.93. The van der Waals surface area contributed by atoms with Crippen molar-refractivity contribution in [3.05, 3.63) is 102 Å². The summed E-state index contributed by atoms with van der Waals surface area (Å²) in [5.74, 6) is -0.507. The van der Waals surface area contributed by atoms with E-state index in [1.807, 2.05) is 6.07 Å². The lowest BCUT2D eigenvalue weighted by Gasteiger charge is -2.24. The molecular formula is C23H18ClN3O3S. The Morgan fingerprint density at radius 3 is 2.39 bits per heavy atom. The van der Waals surface area contributed by atoms with Crippen molar-refractivity contribution in [3.8, 4) is 6.07 Å². The van der Waals surface area contributed by atoms with Crippen molar-refractivity contribution in [2.75, 3.05) is 16.2 Å². The molecule has 8 heteroatoms. The minimum atomic E-state index is -4.07. The summed E-state index contributed by atoms with van der Waals surface area (Å²) in [5.41, 5.74) is 1.51. The van der Waals surface area contributed by atoms with E-state index in [-0.39, 0.29) is 22.0 Å². The molecule has 1 amide bonds. The Labute approximate surface area is 186 Å². The normalized spacial score (nSPS) is 10.7. The van der Waals surface area contributed by atoms with Gasteiger partial charge in [-0.1, -0.05) is 35.9 Å². The molecule has 3 aromatic carbocycles. The molecular weight excluding hydrogens is 434 g/mol. The highest BCUT2D eigenvalue weighted by atomic mass is 35.5. The fourth-order valence-electron chi connectivity index (χ4n) is 2.85. The Hall–Kier alpha value is -3.60. The van der Waals surface area contributed by atoms with Crippen LogP contribution in [0.3, 0.4) is 0 Å². The summed E-state index contributed by atoms with van der Waals surface area (Å²) in [6, 6.07) is 20.9. The van der Waals surface area contributed by atoms with Gasteiger partial charge in [-0.2, -0.15) is 5.26 Å². The van der Waals surface area contributed by atoms with Crippen molar-refractivity contribution in [2.24, 2.45) is 0 Å². The first-order valence-electron chi connectivity index (χ1n) is 9.16. The number of nitrogens with one attached hydrogen (secondary N) is 1. The fourth-order valence-corrected chi connectivity index (χ4v) is 4.78. The Morgan fingerprint density at radius 2 is 1.77 bits per heavy atom. The highest BCUT2D eigenvalue weighted by Crippen LogP contribution is 2.29. The van der Waals surface area contributed by atoms with Crippen LogP contribution in [0.1, 0.15) is 15.9 Å². The zero-order chi connectivity index (χ0) is 22.4. The maximum Gasteiger partial charge on any atom is 0.266 e. The summed E-state index contributed by atoms with van der Waals surface area (Å²) in [6.45, 7) is 3.67. The summed E-state index contributed by atoms with van der Waals surface area (Å²) in [4.78, 5) is 12.5. The van der Waals surface area contributed by atoms with E-state index in [1.54, 1.807) is 54.6 Å². The third-order valence-electron chi connectivity index (χ3n) is 4.37. The molecule has 0 unspecified atom stereocenters. The maximum atomic E-state index is 13.4. The Morgan fingerprint density at radius 1 is 1.10 bits per heavy atom. The molecule has 1 N–H and O–H groups in total. The number of amides is 1. The van der Waals surface area contributed by atoms with Crippen LogP contribution in [-0.2, 0) is 10.0 Å². The number of hydrogen-bond acceptors (Lipinski definition) is 4. The Kier molecular flexibility index (Phi) is 6.75. The summed E-state index contributed by atoms with van der Waals surface area (Å²) in [5, 5.41) is 11.5. The van der Waals surface area contributed by atoms with Gasteiger partial charge in [0.25, 0.3) is 15.9 Å². The first-order valence-corrected chi connectivity index (χ1v) is 11.0. The predicted molar refractivity (Wildman–Crippen MR) is 122 cm³/mol. The molecule has 0 aliphatic rings. The minimum absolute atomic E-state index is 0.0000774. The fraction of sp³-hybridized carbons (Fsp3) is 0.0435. The van der Waals surface area contributed by atoms with Crippen molar-refractivity contribution >= 4 is 38.9 Å². The van der Waals surface area contributed by atoms with Crippen LogP contribution >= 0.6 is 11.6 Å². The van der Waals surface area contributed by atoms with Crippen LogP contribution in [0.2, 0.25) is 5.02 Å². The molecule has 0 spiro atoms. The minimum Gasteiger partial charge on any atom is -0.322 e. The molecule has 156 valence electrons. The molecule has 0 saturated heterocycles. The zero-order valence-corrected chi connectivity index (χ0v) is 17.9. The molecule has 0 bridgehead atoms. The van der Waals surface area contributed by atoms with Crippen LogP contribution in [0.5, 0.6) is 0 Å². The molecule has 0 aliphatic heterocycles. The molecule has 0 atom stereocenters. The van der Waals surface area contributed by atoms with E-state index in [0.717, 1.165) is 0 Å². The summed E-state index contributed by atoms with van der Waals surface area (Å²) in [6.07, 6.45) is 1.47. The average molecular weight is 452 g/mol. The Bertz CT molecular complexity index is 1250. The van der Waals surface area contributed by atoms with Gasteiger partial charge in [0.05, 0.1) is 28.9 Å². The van der Waals surface area contributed by atoms with Gasteiger partial charge in [-0.25, -0.2) is 8.42 Å². The number of rotatable bonds is 7. The number of carbonyl (C=O) groups excluding carboxylic acids is 1. The highest BCUT2D eigenvalue weighted by Gasteiger charge is 2.27. The van der Waals surface area contributed by atoms with Crippen molar-refractivity contribution in [3.63, 3.8) is 0 Å². The number of benzene rings is 3. The second kappa shape index (κ2) is 9.47. The molecule has 0 saturated carbocycles.